The van der Waals surface area contributed by atoms with E-state index < -0.39 is 5.91 Å². The Kier molecular flexibility index (Phi) is 5.03. The maximum Gasteiger partial charge on any atom is 0.255 e. The van der Waals surface area contributed by atoms with Gasteiger partial charge >= 0.3 is 0 Å². The first-order valence-electron chi connectivity index (χ1n) is 8.62. The zero-order valence-electron chi connectivity index (χ0n) is 14.4. The quantitative estimate of drug-likeness (QED) is 0.898. The molecule has 1 aliphatic heterocycles. The molecule has 3 rings (SSSR count). The summed E-state index contributed by atoms with van der Waals surface area (Å²) in [6, 6.07) is 12.8. The molecule has 0 saturated carbocycles. The highest BCUT2D eigenvalue weighted by Crippen LogP contribution is 2.22. The van der Waals surface area contributed by atoms with E-state index in [1.807, 2.05) is 24.3 Å². The molecular weight excluding hydrogens is 314 g/mol. The van der Waals surface area contributed by atoms with Gasteiger partial charge in [-0.3, -0.25) is 9.59 Å². The van der Waals surface area contributed by atoms with Gasteiger partial charge in [-0.2, -0.15) is 0 Å². The molecule has 0 spiro atoms. The van der Waals surface area contributed by atoms with Gasteiger partial charge in [0.1, 0.15) is 0 Å². The third-order valence-corrected chi connectivity index (χ3v) is 4.70. The van der Waals surface area contributed by atoms with Crippen molar-refractivity contribution in [2.75, 3.05) is 23.3 Å². The lowest BCUT2D eigenvalue weighted by atomic mass is 10.1. The third kappa shape index (κ3) is 3.82. The first-order chi connectivity index (χ1) is 12.1. The summed E-state index contributed by atoms with van der Waals surface area (Å²) < 4.78 is 0. The Morgan fingerprint density at radius 2 is 1.68 bits per heavy atom. The first-order valence-corrected chi connectivity index (χ1v) is 8.62. The van der Waals surface area contributed by atoms with Crippen molar-refractivity contribution in [1.82, 2.24) is 0 Å². The number of hydrogen-bond acceptors (Lipinski definition) is 3. The zero-order valence-corrected chi connectivity index (χ0v) is 14.4. The maximum atomic E-state index is 12.5. The smallest absolute Gasteiger partial charge is 0.255 e. The van der Waals surface area contributed by atoms with Crippen molar-refractivity contribution in [3.05, 3.63) is 59.2 Å². The molecule has 1 aliphatic rings. The fourth-order valence-corrected chi connectivity index (χ4v) is 3.21. The van der Waals surface area contributed by atoms with Gasteiger partial charge in [-0.25, -0.2) is 0 Å². The Morgan fingerprint density at radius 1 is 1.00 bits per heavy atom. The van der Waals surface area contributed by atoms with Crippen molar-refractivity contribution in [3.63, 3.8) is 0 Å². The highest BCUT2D eigenvalue weighted by molar-refractivity contribution is 6.06. The molecule has 0 radical (unpaired) electrons. The summed E-state index contributed by atoms with van der Waals surface area (Å²) in [4.78, 5) is 26.3. The van der Waals surface area contributed by atoms with Crippen LogP contribution in [-0.2, 0) is 0 Å². The van der Waals surface area contributed by atoms with Crippen molar-refractivity contribution in [1.29, 1.82) is 0 Å². The van der Waals surface area contributed by atoms with Crippen LogP contribution < -0.4 is 16.0 Å². The van der Waals surface area contributed by atoms with Gasteiger partial charge in [-0.1, -0.05) is 6.07 Å². The van der Waals surface area contributed by atoms with Gasteiger partial charge in [0.05, 0.1) is 0 Å². The molecule has 2 amide bonds. The van der Waals surface area contributed by atoms with Crippen molar-refractivity contribution in [3.8, 4) is 0 Å². The Balaban J connectivity index is 1.73. The third-order valence-electron chi connectivity index (χ3n) is 4.70. The summed E-state index contributed by atoms with van der Waals surface area (Å²) >= 11 is 0. The summed E-state index contributed by atoms with van der Waals surface area (Å²) in [6.07, 6.45) is 3.73. The van der Waals surface area contributed by atoms with E-state index in [0.717, 1.165) is 18.8 Å². The molecule has 5 heteroatoms. The largest absolute Gasteiger partial charge is 0.372 e. The van der Waals surface area contributed by atoms with E-state index >= 15 is 0 Å². The number of amides is 2. The van der Waals surface area contributed by atoms with E-state index in [-0.39, 0.29) is 5.91 Å². The lowest BCUT2D eigenvalue weighted by Gasteiger charge is -2.28. The van der Waals surface area contributed by atoms with Crippen LogP contribution in [0.3, 0.4) is 0 Å². The normalized spacial score (nSPS) is 14.2. The Labute approximate surface area is 147 Å². The molecule has 5 nitrogen and oxygen atoms in total. The van der Waals surface area contributed by atoms with Gasteiger partial charge in [0, 0.05) is 35.6 Å². The van der Waals surface area contributed by atoms with Crippen molar-refractivity contribution in [2.45, 2.75) is 26.2 Å². The Morgan fingerprint density at radius 3 is 2.32 bits per heavy atom. The molecule has 1 heterocycles. The number of benzene rings is 2. The zero-order chi connectivity index (χ0) is 17.8. The van der Waals surface area contributed by atoms with E-state index in [4.69, 9.17) is 5.73 Å². The van der Waals surface area contributed by atoms with Gasteiger partial charge in [-0.05, 0) is 68.1 Å². The number of nitrogens with zero attached hydrogens (tertiary/aromatic N) is 1. The second-order valence-electron chi connectivity index (χ2n) is 6.39. The van der Waals surface area contributed by atoms with Gasteiger partial charge in [0.2, 0.25) is 5.91 Å². The predicted molar refractivity (Wildman–Crippen MR) is 100 cm³/mol. The number of anilines is 2. The van der Waals surface area contributed by atoms with Gasteiger partial charge in [-0.15, -0.1) is 0 Å². The van der Waals surface area contributed by atoms with Crippen molar-refractivity contribution < 1.29 is 9.59 Å². The number of nitrogens with two attached hydrogens (primary N) is 1. The molecule has 3 N–H and O–H groups in total. The summed E-state index contributed by atoms with van der Waals surface area (Å²) in [5.74, 6) is -0.700. The first kappa shape index (κ1) is 17.0. The van der Waals surface area contributed by atoms with E-state index in [9.17, 15) is 9.59 Å². The summed E-state index contributed by atoms with van der Waals surface area (Å²) in [6.45, 7) is 3.92. The Hall–Kier alpha value is -2.82. The molecule has 0 bridgehead atoms. The second kappa shape index (κ2) is 7.38. The summed E-state index contributed by atoms with van der Waals surface area (Å²) in [5, 5.41) is 2.86. The highest BCUT2D eigenvalue weighted by atomic mass is 16.2. The number of carbonyl (C=O) groups is 2. The van der Waals surface area contributed by atoms with Gasteiger partial charge < -0.3 is 16.0 Å². The number of carbonyl (C=O) groups excluding carboxylic acids is 2. The molecule has 0 aliphatic carbocycles. The van der Waals surface area contributed by atoms with Crippen LogP contribution in [0, 0.1) is 6.92 Å². The molecule has 2 aromatic carbocycles. The lowest BCUT2D eigenvalue weighted by Crippen LogP contribution is -2.29. The topological polar surface area (TPSA) is 75.4 Å². The number of rotatable bonds is 4. The fourth-order valence-electron chi connectivity index (χ4n) is 3.21. The SMILES string of the molecule is Cc1c(NC(=O)c2ccc(N3CCCCC3)cc2)cccc1C(N)=O. The molecule has 130 valence electrons. The summed E-state index contributed by atoms with van der Waals surface area (Å²) in [7, 11) is 0. The average Bonchev–Trinajstić information content (AvgIpc) is 2.64. The number of primary amides is 1. The maximum absolute atomic E-state index is 12.5. The van der Waals surface area contributed by atoms with E-state index in [0.29, 0.717) is 22.4 Å². The predicted octanol–water partition coefficient (Wildman–Crippen LogP) is 3.34. The van der Waals surface area contributed by atoms with Gasteiger partial charge in [0.15, 0.2) is 0 Å². The summed E-state index contributed by atoms with van der Waals surface area (Å²) in [5.41, 5.74) is 8.79. The minimum atomic E-state index is -0.500. The monoisotopic (exact) mass is 337 g/mol. The van der Waals surface area contributed by atoms with E-state index in [1.165, 1.54) is 19.3 Å². The molecule has 0 aromatic heterocycles. The number of nitrogens with one attached hydrogen (secondary N) is 1. The van der Waals surface area contributed by atoms with E-state index in [2.05, 4.69) is 10.2 Å². The Bertz CT molecular complexity index is 778. The van der Waals surface area contributed by atoms with Crippen molar-refractivity contribution in [2.24, 2.45) is 5.73 Å². The molecule has 1 fully saturated rings. The van der Waals surface area contributed by atoms with Gasteiger partial charge in [0.25, 0.3) is 5.91 Å². The molecular formula is C20H23N3O2. The lowest BCUT2D eigenvalue weighted by molar-refractivity contribution is 0.0995. The molecule has 0 unspecified atom stereocenters. The fraction of sp³-hybridized carbons (Fsp3) is 0.300. The van der Waals surface area contributed by atoms with Crippen LogP contribution in [0.4, 0.5) is 11.4 Å². The van der Waals surface area contributed by atoms with E-state index in [1.54, 1.807) is 25.1 Å². The molecule has 0 atom stereocenters. The molecule has 25 heavy (non-hydrogen) atoms. The van der Waals surface area contributed by atoms with Crippen LogP contribution in [0.15, 0.2) is 42.5 Å². The molecule has 1 saturated heterocycles. The molecule has 2 aromatic rings. The average molecular weight is 337 g/mol. The van der Waals surface area contributed by atoms with Crippen molar-refractivity contribution >= 4 is 23.2 Å². The van der Waals surface area contributed by atoms with Crippen LogP contribution in [0.5, 0.6) is 0 Å². The number of hydrogen-bond donors (Lipinski definition) is 2. The van der Waals surface area contributed by atoms with Crippen LogP contribution in [-0.4, -0.2) is 24.9 Å². The number of piperidine rings is 1. The van der Waals surface area contributed by atoms with Crippen LogP contribution in [0.25, 0.3) is 0 Å². The van der Waals surface area contributed by atoms with Crippen LogP contribution in [0.1, 0.15) is 45.5 Å². The van der Waals surface area contributed by atoms with Crippen LogP contribution >= 0.6 is 0 Å². The standard InChI is InChI=1S/C20H23N3O2/c1-14-17(19(21)24)6-5-7-18(14)22-20(25)15-8-10-16(11-9-15)23-12-3-2-4-13-23/h5-11H,2-4,12-13H2,1H3,(H2,21,24)(H,22,25). The minimum absolute atomic E-state index is 0.199. The minimum Gasteiger partial charge on any atom is -0.372 e. The second-order valence-corrected chi connectivity index (χ2v) is 6.39. The highest BCUT2D eigenvalue weighted by Gasteiger charge is 2.14. The van der Waals surface area contributed by atoms with Crippen LogP contribution in [0.2, 0.25) is 0 Å².